The zero-order chi connectivity index (χ0) is 56.2. The van der Waals surface area contributed by atoms with Crippen LogP contribution in [0.15, 0.2) is 6.20 Å². The number of methoxy groups -OCH3 is 1. The number of hydrogen-bond acceptors (Lipinski definition) is 26. The molecule has 1 aromatic heterocycles. The summed E-state index contributed by atoms with van der Waals surface area (Å²) in [7, 11) is 1.64. The highest BCUT2D eigenvalue weighted by molar-refractivity contribution is 4.86. The lowest BCUT2D eigenvalue weighted by Gasteiger charge is -2.09. The summed E-state index contributed by atoms with van der Waals surface area (Å²) in [6, 6.07) is 0. The van der Waals surface area contributed by atoms with Crippen molar-refractivity contribution in [1.29, 1.82) is 0 Å². The van der Waals surface area contributed by atoms with Gasteiger partial charge in [-0.1, -0.05) is 5.21 Å². The summed E-state index contributed by atoms with van der Waals surface area (Å²) in [5, 5.41) is 7.91. The van der Waals surface area contributed by atoms with Gasteiger partial charge < -0.3 is 114 Å². The largest absolute Gasteiger partial charge is 0.382 e. The van der Waals surface area contributed by atoms with E-state index in [1.165, 1.54) is 0 Å². The highest BCUT2D eigenvalue weighted by atomic mass is 16.6. The molecule has 0 saturated heterocycles. The molecule has 0 aromatic carbocycles. The van der Waals surface area contributed by atoms with Gasteiger partial charge in [0.05, 0.1) is 323 Å². The summed E-state index contributed by atoms with van der Waals surface area (Å²) in [6.07, 6.45) is 1.88. The van der Waals surface area contributed by atoms with E-state index in [0.29, 0.717) is 317 Å². The maximum Gasteiger partial charge on any atom is 0.0796 e. The predicted octanol–water partition coefficient (Wildman–Crippen LogP) is 0.615. The van der Waals surface area contributed by atoms with Crippen LogP contribution in [-0.4, -0.2) is 333 Å². The first-order chi connectivity index (χ1) is 39.3. The molecule has 0 aliphatic carbocycles. The lowest BCUT2D eigenvalue weighted by molar-refractivity contribution is -0.0319. The lowest BCUT2D eigenvalue weighted by Crippen LogP contribution is -2.16. The van der Waals surface area contributed by atoms with E-state index in [4.69, 9.17) is 114 Å². The SMILES string of the molecule is COCCOCCOCCOCCOCCOCCOCCOCCOCCOCCOCCOCCOCCOCCOCCOCCOCCOCCOCCOCCOCCOCCOCCOCCn1cc(C)nn1. The molecule has 27 heteroatoms. The van der Waals surface area contributed by atoms with Crippen molar-refractivity contribution in [2.45, 2.75) is 13.5 Å². The minimum absolute atomic E-state index is 0.486. The van der Waals surface area contributed by atoms with Gasteiger partial charge in [0.2, 0.25) is 0 Å². The minimum Gasteiger partial charge on any atom is -0.382 e. The number of aryl methyl sites for hydroxylation is 1. The van der Waals surface area contributed by atoms with Crippen molar-refractivity contribution in [2.24, 2.45) is 0 Å². The van der Waals surface area contributed by atoms with Gasteiger partial charge in [0.15, 0.2) is 0 Å². The Bertz CT molecular complexity index is 1260. The molecule has 27 nitrogen and oxygen atoms in total. The number of hydrogen-bond donors (Lipinski definition) is 0. The molecule has 0 N–H and O–H groups in total. The highest BCUT2D eigenvalue weighted by Crippen LogP contribution is 1.93. The third kappa shape index (κ3) is 65.2. The monoisotopic (exact) mass is 1150 g/mol. The van der Waals surface area contributed by atoms with Crippen molar-refractivity contribution in [1.82, 2.24) is 15.0 Å². The van der Waals surface area contributed by atoms with Crippen LogP contribution in [0, 0.1) is 6.92 Å². The molecule has 0 amide bonds. The van der Waals surface area contributed by atoms with E-state index < -0.39 is 0 Å². The van der Waals surface area contributed by atoms with Gasteiger partial charge in [-0.3, -0.25) is 0 Å². The molecular formula is C52H103N3O24. The zero-order valence-electron chi connectivity index (χ0n) is 48.2. The summed E-state index contributed by atoms with van der Waals surface area (Å²) < 4.78 is 133. The van der Waals surface area contributed by atoms with Crippen LogP contribution in [0.25, 0.3) is 0 Å². The first kappa shape index (κ1) is 75.2. The molecule has 0 radical (unpaired) electrons. The van der Waals surface area contributed by atoms with Crippen molar-refractivity contribution in [3.8, 4) is 0 Å². The van der Waals surface area contributed by atoms with Gasteiger partial charge in [-0.25, -0.2) is 4.68 Å². The Morgan fingerprint density at radius 1 is 0.228 bits per heavy atom. The minimum atomic E-state index is 0.486. The Balaban J connectivity index is 1.58. The summed E-state index contributed by atoms with van der Waals surface area (Å²) >= 11 is 0. The highest BCUT2D eigenvalue weighted by Gasteiger charge is 2.01. The summed E-state index contributed by atoms with van der Waals surface area (Å²) in [4.78, 5) is 0. The molecule has 0 fully saturated rings. The van der Waals surface area contributed by atoms with Gasteiger partial charge in [0.25, 0.3) is 0 Å². The number of rotatable bonds is 72. The van der Waals surface area contributed by atoms with Crippen LogP contribution in [0.2, 0.25) is 0 Å². The number of aromatic nitrogens is 3. The molecule has 0 atom stereocenters. The van der Waals surface area contributed by atoms with Gasteiger partial charge in [-0.05, 0) is 6.92 Å². The van der Waals surface area contributed by atoms with Crippen LogP contribution in [0.4, 0.5) is 0 Å². The fourth-order valence-electron chi connectivity index (χ4n) is 5.75. The molecule has 0 saturated carbocycles. The molecule has 1 rings (SSSR count). The Labute approximate surface area is 470 Å². The van der Waals surface area contributed by atoms with Crippen LogP contribution in [0.5, 0.6) is 0 Å². The molecule has 470 valence electrons. The molecule has 1 heterocycles. The fraction of sp³-hybridized carbons (Fsp3) is 0.962. The van der Waals surface area contributed by atoms with Gasteiger partial charge in [0, 0.05) is 13.3 Å². The molecule has 0 unspecified atom stereocenters. The van der Waals surface area contributed by atoms with E-state index in [9.17, 15) is 0 Å². The summed E-state index contributed by atoms with van der Waals surface area (Å²) in [5.74, 6) is 0. The van der Waals surface area contributed by atoms with E-state index >= 15 is 0 Å². The molecule has 0 spiro atoms. The Hall–Kier alpha value is -1.82. The van der Waals surface area contributed by atoms with Crippen molar-refractivity contribution >= 4 is 0 Å². The second-order valence-corrected chi connectivity index (χ2v) is 16.2. The maximum atomic E-state index is 5.53. The lowest BCUT2D eigenvalue weighted by atomic mass is 10.5. The average molecular weight is 1150 g/mol. The van der Waals surface area contributed by atoms with Gasteiger partial charge in [-0.2, -0.15) is 0 Å². The first-order valence-electron chi connectivity index (χ1n) is 28.0. The number of ether oxygens (including phenoxy) is 24. The fourth-order valence-corrected chi connectivity index (χ4v) is 5.75. The maximum absolute atomic E-state index is 5.53. The third-order valence-corrected chi connectivity index (χ3v) is 9.73. The van der Waals surface area contributed by atoms with Crippen LogP contribution < -0.4 is 0 Å². The molecule has 1 aromatic rings. The first-order valence-corrected chi connectivity index (χ1v) is 28.0. The van der Waals surface area contributed by atoms with E-state index in [-0.39, 0.29) is 0 Å². The van der Waals surface area contributed by atoms with Crippen LogP contribution in [-0.2, 0) is 120 Å². The van der Waals surface area contributed by atoms with Crippen molar-refractivity contribution in [3.63, 3.8) is 0 Å². The normalized spacial score (nSPS) is 11.8. The van der Waals surface area contributed by atoms with Crippen molar-refractivity contribution in [3.05, 3.63) is 11.9 Å². The van der Waals surface area contributed by atoms with E-state index in [1.54, 1.807) is 11.8 Å². The van der Waals surface area contributed by atoms with E-state index in [1.807, 2.05) is 13.1 Å². The molecular weight excluding hydrogens is 1050 g/mol. The molecule has 0 aliphatic rings. The Morgan fingerprint density at radius 3 is 0.494 bits per heavy atom. The molecule has 0 aliphatic heterocycles. The smallest absolute Gasteiger partial charge is 0.0796 e. The molecule has 79 heavy (non-hydrogen) atoms. The van der Waals surface area contributed by atoms with Gasteiger partial charge in [0.1, 0.15) is 0 Å². The van der Waals surface area contributed by atoms with Crippen molar-refractivity contribution in [2.75, 3.05) is 318 Å². The Morgan fingerprint density at radius 2 is 0.367 bits per heavy atom. The second kappa shape index (κ2) is 68.7. The standard InChI is InChI=1S/C52H103N3O24/c1-52-51-55(54-53-52)3-4-57-7-8-59-11-12-61-15-16-63-19-20-65-23-24-67-27-28-69-31-32-71-35-36-73-39-40-75-43-44-77-47-48-79-50-49-78-46-45-76-42-41-74-38-37-72-34-33-70-30-29-68-26-25-66-22-21-64-18-17-62-14-13-60-10-9-58-6-5-56-2/h51H,3-50H2,1-2H3. The summed E-state index contributed by atoms with van der Waals surface area (Å²) in [6.45, 7) is 26.2. The third-order valence-electron chi connectivity index (χ3n) is 9.73. The van der Waals surface area contributed by atoms with Gasteiger partial charge >= 0.3 is 0 Å². The van der Waals surface area contributed by atoms with E-state index in [0.717, 1.165) is 5.69 Å². The topological polar surface area (TPSA) is 252 Å². The van der Waals surface area contributed by atoms with Crippen LogP contribution in [0.1, 0.15) is 5.69 Å². The van der Waals surface area contributed by atoms with Gasteiger partial charge in [-0.15, -0.1) is 5.10 Å². The van der Waals surface area contributed by atoms with Crippen LogP contribution in [0.3, 0.4) is 0 Å². The van der Waals surface area contributed by atoms with E-state index in [2.05, 4.69) is 10.3 Å². The van der Waals surface area contributed by atoms with Crippen molar-refractivity contribution < 1.29 is 114 Å². The second-order valence-electron chi connectivity index (χ2n) is 16.2. The van der Waals surface area contributed by atoms with Crippen LogP contribution >= 0.6 is 0 Å². The summed E-state index contributed by atoms with van der Waals surface area (Å²) in [5.41, 5.74) is 0.892. The molecule has 0 bridgehead atoms. The zero-order valence-corrected chi connectivity index (χ0v) is 48.2. The number of nitrogens with zero attached hydrogens (tertiary/aromatic N) is 3. The predicted molar refractivity (Wildman–Crippen MR) is 285 cm³/mol. The Kier molecular flexibility index (Phi) is 65.4. The quantitative estimate of drug-likeness (QED) is 0.0811. The average Bonchev–Trinajstić information content (AvgIpc) is 3.88.